The van der Waals surface area contributed by atoms with Gasteiger partial charge < -0.3 is 9.64 Å². The van der Waals surface area contributed by atoms with Crippen LogP contribution in [0.2, 0.25) is 0 Å². The lowest BCUT2D eigenvalue weighted by Gasteiger charge is -2.21. The maximum absolute atomic E-state index is 13.5. The molecule has 0 unspecified atom stereocenters. The lowest BCUT2D eigenvalue weighted by atomic mass is 10.0. The summed E-state index contributed by atoms with van der Waals surface area (Å²) in [6, 6.07) is 3.20. The predicted octanol–water partition coefficient (Wildman–Crippen LogP) is 4.92. The molecular weight excluding hydrogens is 518 g/mol. The number of nitrogens with zero attached hydrogens (tertiary/aromatic N) is 7. The van der Waals surface area contributed by atoms with Crippen LogP contribution in [0, 0.1) is 0 Å². The molecule has 1 aromatic carbocycles. The van der Waals surface area contributed by atoms with Crippen LogP contribution >= 0.6 is 0 Å². The standard InChI is InChI=1S/C21H15F8N7O/c1-35(5-4-16-31-10-34-36(16)15-3-2-12(8-30-15)37-19(22)23)18-13-6-11(20(24,25)26)7-14(21(27,28)29)17(13)32-9-33-18/h2-3,6-10,19H,4-5H2,1H3. The van der Waals surface area contributed by atoms with Crippen LogP contribution in [0.5, 0.6) is 5.75 Å². The number of halogens is 8. The van der Waals surface area contributed by atoms with Gasteiger partial charge in [-0.3, -0.25) is 0 Å². The van der Waals surface area contributed by atoms with E-state index in [1.165, 1.54) is 35.1 Å². The Morgan fingerprint density at radius 1 is 0.946 bits per heavy atom. The van der Waals surface area contributed by atoms with Gasteiger partial charge in [-0.15, -0.1) is 0 Å². The highest BCUT2D eigenvalue weighted by Gasteiger charge is 2.39. The highest BCUT2D eigenvalue weighted by atomic mass is 19.4. The first-order chi connectivity index (χ1) is 17.3. The number of hydrogen-bond acceptors (Lipinski definition) is 7. The molecule has 0 N–H and O–H groups in total. The number of anilines is 1. The van der Waals surface area contributed by atoms with E-state index in [1.807, 2.05) is 0 Å². The average Bonchev–Trinajstić information content (AvgIpc) is 3.29. The van der Waals surface area contributed by atoms with E-state index < -0.39 is 41.0 Å². The Balaban J connectivity index is 1.62. The normalized spacial score (nSPS) is 12.4. The van der Waals surface area contributed by atoms with E-state index in [0.29, 0.717) is 11.9 Å². The summed E-state index contributed by atoms with van der Waals surface area (Å²) < 4.78 is 111. The maximum atomic E-state index is 13.5. The first kappa shape index (κ1) is 26.0. The Labute approximate surface area is 202 Å². The van der Waals surface area contributed by atoms with Crippen molar-refractivity contribution in [1.82, 2.24) is 29.7 Å². The lowest BCUT2D eigenvalue weighted by molar-refractivity contribution is -0.142. The average molecular weight is 533 g/mol. The molecule has 3 aromatic heterocycles. The number of pyridine rings is 1. The van der Waals surface area contributed by atoms with E-state index >= 15 is 0 Å². The van der Waals surface area contributed by atoms with Crippen LogP contribution in [0.25, 0.3) is 16.7 Å². The van der Waals surface area contributed by atoms with Gasteiger partial charge in [0.25, 0.3) is 0 Å². The van der Waals surface area contributed by atoms with Crippen LogP contribution in [0.3, 0.4) is 0 Å². The topological polar surface area (TPSA) is 81.9 Å². The minimum atomic E-state index is -5.08. The van der Waals surface area contributed by atoms with Crippen molar-refractivity contribution < 1.29 is 39.9 Å². The molecule has 0 spiro atoms. The fourth-order valence-electron chi connectivity index (χ4n) is 3.51. The van der Waals surface area contributed by atoms with Gasteiger partial charge in [0.1, 0.15) is 30.0 Å². The molecule has 0 aliphatic heterocycles. The number of hydrogen-bond donors (Lipinski definition) is 0. The summed E-state index contributed by atoms with van der Waals surface area (Å²) in [6.45, 7) is -2.97. The second-order valence-electron chi connectivity index (χ2n) is 7.60. The highest BCUT2D eigenvalue weighted by molar-refractivity contribution is 5.92. The molecule has 0 saturated carbocycles. The summed E-state index contributed by atoms with van der Waals surface area (Å²) in [6.07, 6.45) is -6.90. The van der Waals surface area contributed by atoms with Gasteiger partial charge in [-0.05, 0) is 24.3 Å². The van der Waals surface area contributed by atoms with Gasteiger partial charge in [0.2, 0.25) is 0 Å². The van der Waals surface area contributed by atoms with Crippen molar-refractivity contribution in [3.8, 4) is 11.6 Å². The Hall–Kier alpha value is -4.11. The summed E-state index contributed by atoms with van der Waals surface area (Å²) in [7, 11) is 1.44. The van der Waals surface area contributed by atoms with Crippen LogP contribution in [0.15, 0.2) is 43.1 Å². The van der Waals surface area contributed by atoms with E-state index in [4.69, 9.17) is 0 Å². The lowest BCUT2D eigenvalue weighted by Crippen LogP contribution is -2.24. The van der Waals surface area contributed by atoms with Crippen molar-refractivity contribution in [3.05, 3.63) is 60.1 Å². The number of benzene rings is 1. The Kier molecular flexibility index (Phi) is 6.84. The molecule has 0 aliphatic rings. The SMILES string of the molecule is CN(CCc1ncnn1-c1ccc(OC(F)F)cn1)c1ncnc2c(C(F)(F)F)cc(C(F)(F)F)cc12. The Morgan fingerprint density at radius 3 is 2.32 bits per heavy atom. The molecule has 0 amide bonds. The molecule has 0 aliphatic carbocycles. The summed E-state index contributed by atoms with van der Waals surface area (Å²) >= 11 is 0. The van der Waals surface area contributed by atoms with Crippen LogP contribution in [0.4, 0.5) is 40.9 Å². The monoisotopic (exact) mass is 533 g/mol. The van der Waals surface area contributed by atoms with Gasteiger partial charge in [-0.2, -0.15) is 44.9 Å². The van der Waals surface area contributed by atoms with Crippen molar-refractivity contribution in [2.75, 3.05) is 18.5 Å². The molecule has 0 bridgehead atoms. The molecule has 8 nitrogen and oxygen atoms in total. The molecule has 16 heteroatoms. The van der Waals surface area contributed by atoms with Gasteiger partial charge in [0.05, 0.1) is 22.8 Å². The zero-order valence-electron chi connectivity index (χ0n) is 18.6. The number of likely N-dealkylation sites (N-methyl/N-ethyl adjacent to an activating group) is 1. The molecule has 37 heavy (non-hydrogen) atoms. The molecular formula is C21H15F8N7O. The van der Waals surface area contributed by atoms with Gasteiger partial charge in [0.15, 0.2) is 5.82 Å². The van der Waals surface area contributed by atoms with E-state index in [1.54, 1.807) is 0 Å². The van der Waals surface area contributed by atoms with Gasteiger partial charge in [-0.25, -0.2) is 19.9 Å². The van der Waals surface area contributed by atoms with Crippen molar-refractivity contribution in [2.24, 2.45) is 0 Å². The Morgan fingerprint density at radius 2 is 1.70 bits per heavy atom. The third-order valence-electron chi connectivity index (χ3n) is 5.16. The summed E-state index contributed by atoms with van der Waals surface area (Å²) in [5, 5.41) is 3.59. The van der Waals surface area contributed by atoms with E-state index in [-0.39, 0.29) is 36.4 Å². The molecule has 3 heterocycles. The molecule has 0 saturated heterocycles. The third kappa shape index (κ3) is 5.67. The van der Waals surface area contributed by atoms with Crippen molar-refractivity contribution in [1.29, 1.82) is 0 Å². The van der Waals surface area contributed by atoms with Crippen LogP contribution in [-0.2, 0) is 18.8 Å². The van der Waals surface area contributed by atoms with Crippen molar-refractivity contribution in [2.45, 2.75) is 25.4 Å². The smallest absolute Gasteiger partial charge is 0.418 e. The van der Waals surface area contributed by atoms with Crippen LogP contribution in [-0.4, -0.2) is 49.9 Å². The van der Waals surface area contributed by atoms with Crippen LogP contribution in [0.1, 0.15) is 17.0 Å². The molecule has 0 fully saturated rings. The Bertz CT molecular complexity index is 1390. The largest absolute Gasteiger partial charge is 0.433 e. The van der Waals surface area contributed by atoms with Crippen molar-refractivity contribution in [3.63, 3.8) is 0 Å². The van der Waals surface area contributed by atoms with Crippen molar-refractivity contribution >= 4 is 16.7 Å². The predicted molar refractivity (Wildman–Crippen MR) is 112 cm³/mol. The van der Waals surface area contributed by atoms with E-state index in [9.17, 15) is 35.1 Å². The van der Waals surface area contributed by atoms with E-state index in [0.717, 1.165) is 12.5 Å². The number of aromatic nitrogens is 6. The number of fused-ring (bicyclic) bond motifs is 1. The number of rotatable bonds is 7. The molecule has 0 atom stereocenters. The summed E-state index contributed by atoms with van der Waals surface area (Å²) in [5.74, 6) is 0.215. The molecule has 4 rings (SSSR count). The fraction of sp³-hybridized carbons (Fsp3) is 0.286. The zero-order valence-corrected chi connectivity index (χ0v) is 18.6. The minimum Gasteiger partial charge on any atom is -0.433 e. The first-order valence-electron chi connectivity index (χ1n) is 10.3. The van der Waals surface area contributed by atoms with Crippen LogP contribution < -0.4 is 9.64 Å². The van der Waals surface area contributed by atoms with Gasteiger partial charge in [-0.1, -0.05) is 0 Å². The quantitative estimate of drug-likeness (QED) is 0.312. The summed E-state index contributed by atoms with van der Waals surface area (Å²) in [5.41, 5.74) is -3.68. The maximum Gasteiger partial charge on any atom is 0.418 e. The molecule has 196 valence electrons. The third-order valence-corrected chi connectivity index (χ3v) is 5.16. The van der Waals surface area contributed by atoms with E-state index in [2.05, 4.69) is 29.8 Å². The zero-order chi connectivity index (χ0) is 27.0. The second kappa shape index (κ2) is 9.74. The second-order valence-corrected chi connectivity index (χ2v) is 7.60. The minimum absolute atomic E-state index is 0.0201. The highest BCUT2D eigenvalue weighted by Crippen LogP contribution is 2.41. The fourth-order valence-corrected chi connectivity index (χ4v) is 3.51. The molecule has 0 radical (unpaired) electrons. The number of alkyl halides is 8. The number of ether oxygens (including phenoxy) is 1. The van der Waals surface area contributed by atoms with Gasteiger partial charge >= 0.3 is 19.0 Å². The molecule has 4 aromatic rings. The first-order valence-corrected chi connectivity index (χ1v) is 10.3. The van der Waals surface area contributed by atoms with Gasteiger partial charge in [0, 0.05) is 25.4 Å². The summed E-state index contributed by atoms with van der Waals surface area (Å²) in [4.78, 5) is 16.9.